The number of rotatable bonds is 4. The molecule has 1 aromatic rings. The average Bonchev–Trinajstić information content (AvgIpc) is 2.47. The first-order valence-electron chi connectivity index (χ1n) is 6.89. The molecule has 1 aliphatic heterocycles. The molecule has 20 heavy (non-hydrogen) atoms. The van der Waals surface area contributed by atoms with Crippen molar-refractivity contribution in [3.05, 3.63) is 24.0 Å². The van der Waals surface area contributed by atoms with Crippen LogP contribution < -0.4 is 11.1 Å². The summed E-state index contributed by atoms with van der Waals surface area (Å²) in [5, 5.41) is 3.17. The lowest BCUT2D eigenvalue weighted by Crippen LogP contribution is -2.44. The number of nitrogens with two attached hydrogens (primary N) is 1. The molecule has 1 aromatic heterocycles. The standard InChI is InChI=1S/C14H20N4OS/c1-10(14(19)18-8-3-2-4-9-18)17-11-6-5-7-16-12(11)13(15)20/h5-7,10,17H,2-4,8-9H2,1H3,(H2,15,20). The first-order chi connectivity index (χ1) is 9.59. The average molecular weight is 292 g/mol. The second-order valence-corrected chi connectivity index (χ2v) is 5.46. The highest BCUT2D eigenvalue weighted by atomic mass is 32.1. The second-order valence-electron chi connectivity index (χ2n) is 5.02. The van der Waals surface area contributed by atoms with E-state index < -0.39 is 0 Å². The lowest BCUT2D eigenvalue weighted by molar-refractivity contribution is -0.132. The quantitative estimate of drug-likeness (QED) is 0.824. The molecule has 6 heteroatoms. The fourth-order valence-electron chi connectivity index (χ4n) is 2.40. The molecule has 1 atom stereocenters. The molecule has 0 spiro atoms. The summed E-state index contributed by atoms with van der Waals surface area (Å²) in [4.78, 5) is 18.7. The van der Waals surface area contributed by atoms with Gasteiger partial charge in [0.1, 0.15) is 16.7 Å². The van der Waals surface area contributed by atoms with Gasteiger partial charge in [0.15, 0.2) is 0 Å². The van der Waals surface area contributed by atoms with Crippen molar-refractivity contribution in [2.45, 2.75) is 32.2 Å². The summed E-state index contributed by atoms with van der Waals surface area (Å²) >= 11 is 4.97. The van der Waals surface area contributed by atoms with E-state index in [0.717, 1.165) is 25.9 Å². The molecular formula is C14H20N4OS. The molecule has 1 saturated heterocycles. The van der Waals surface area contributed by atoms with Gasteiger partial charge >= 0.3 is 0 Å². The molecule has 108 valence electrons. The smallest absolute Gasteiger partial charge is 0.244 e. The Bertz CT molecular complexity index is 500. The topological polar surface area (TPSA) is 71.2 Å². The number of piperidine rings is 1. The van der Waals surface area contributed by atoms with E-state index in [0.29, 0.717) is 11.4 Å². The predicted molar refractivity (Wildman–Crippen MR) is 83.6 cm³/mol. The van der Waals surface area contributed by atoms with Crippen LogP contribution in [0.4, 0.5) is 5.69 Å². The fraction of sp³-hybridized carbons (Fsp3) is 0.500. The SMILES string of the molecule is CC(Nc1cccnc1C(N)=S)C(=O)N1CCCCC1. The maximum Gasteiger partial charge on any atom is 0.244 e. The van der Waals surface area contributed by atoms with Gasteiger partial charge < -0.3 is 16.0 Å². The number of thiocarbonyl (C=S) groups is 1. The molecule has 2 rings (SSSR count). The molecule has 5 nitrogen and oxygen atoms in total. The largest absolute Gasteiger partial charge is 0.388 e. The van der Waals surface area contributed by atoms with Gasteiger partial charge in [-0.3, -0.25) is 9.78 Å². The van der Waals surface area contributed by atoms with Crippen molar-refractivity contribution in [1.29, 1.82) is 0 Å². The van der Waals surface area contributed by atoms with Gasteiger partial charge in [-0.15, -0.1) is 0 Å². The Balaban J connectivity index is 2.05. The van der Waals surface area contributed by atoms with Crippen LogP contribution in [-0.4, -0.2) is 39.9 Å². The van der Waals surface area contributed by atoms with Crippen molar-refractivity contribution in [3.63, 3.8) is 0 Å². The Morgan fingerprint density at radius 2 is 2.15 bits per heavy atom. The number of carbonyl (C=O) groups is 1. The summed E-state index contributed by atoms with van der Waals surface area (Å²) in [5.74, 6) is 0.113. The molecule has 0 aliphatic carbocycles. The van der Waals surface area contributed by atoms with Crippen molar-refractivity contribution in [2.75, 3.05) is 18.4 Å². The third kappa shape index (κ3) is 3.45. The molecule has 1 fully saturated rings. The Hall–Kier alpha value is -1.69. The number of amides is 1. The van der Waals surface area contributed by atoms with Crippen molar-refractivity contribution in [2.24, 2.45) is 5.73 Å². The number of anilines is 1. The molecular weight excluding hydrogens is 272 g/mol. The third-order valence-electron chi connectivity index (χ3n) is 3.45. The van der Waals surface area contributed by atoms with Crippen LogP contribution in [0, 0.1) is 0 Å². The van der Waals surface area contributed by atoms with Gasteiger partial charge in [-0.1, -0.05) is 12.2 Å². The lowest BCUT2D eigenvalue weighted by atomic mass is 10.1. The molecule has 1 unspecified atom stereocenters. The van der Waals surface area contributed by atoms with Crippen molar-refractivity contribution in [1.82, 2.24) is 9.88 Å². The fourth-order valence-corrected chi connectivity index (χ4v) is 2.56. The summed E-state index contributed by atoms with van der Waals surface area (Å²) in [5.41, 5.74) is 6.88. The molecule has 0 bridgehead atoms. The van der Waals surface area contributed by atoms with E-state index in [4.69, 9.17) is 18.0 Å². The summed E-state index contributed by atoms with van der Waals surface area (Å²) in [6, 6.07) is 3.31. The molecule has 1 amide bonds. The number of nitrogens with zero attached hydrogens (tertiary/aromatic N) is 2. The Kier molecular flexibility index (Phi) is 4.89. The van der Waals surface area contributed by atoms with Crippen LogP contribution >= 0.6 is 12.2 Å². The maximum atomic E-state index is 12.4. The van der Waals surface area contributed by atoms with Crippen molar-refractivity contribution < 1.29 is 4.79 Å². The minimum absolute atomic E-state index is 0.113. The highest BCUT2D eigenvalue weighted by Crippen LogP contribution is 2.16. The van der Waals surface area contributed by atoms with Crippen LogP contribution in [0.1, 0.15) is 31.9 Å². The highest BCUT2D eigenvalue weighted by molar-refractivity contribution is 7.80. The predicted octanol–water partition coefficient (Wildman–Crippen LogP) is 1.53. The third-order valence-corrected chi connectivity index (χ3v) is 3.64. The second kappa shape index (κ2) is 6.65. The Morgan fingerprint density at radius 1 is 1.45 bits per heavy atom. The number of carbonyl (C=O) groups excluding carboxylic acids is 1. The van der Waals surface area contributed by atoms with E-state index in [1.54, 1.807) is 12.3 Å². The Morgan fingerprint density at radius 3 is 2.80 bits per heavy atom. The van der Waals surface area contributed by atoms with E-state index in [2.05, 4.69) is 10.3 Å². The Labute approximate surface area is 124 Å². The van der Waals surface area contributed by atoms with Crippen LogP contribution in [0.3, 0.4) is 0 Å². The van der Waals surface area contributed by atoms with Crippen molar-refractivity contribution in [3.8, 4) is 0 Å². The summed E-state index contributed by atoms with van der Waals surface area (Å²) in [6.45, 7) is 3.55. The number of nitrogens with one attached hydrogen (secondary N) is 1. The van der Waals surface area contributed by atoms with Crippen LogP contribution in [0.5, 0.6) is 0 Å². The normalized spacial score (nSPS) is 16.6. The molecule has 0 aromatic carbocycles. The number of aromatic nitrogens is 1. The van der Waals surface area contributed by atoms with Gasteiger partial charge in [0.2, 0.25) is 5.91 Å². The maximum absolute atomic E-state index is 12.4. The van der Waals surface area contributed by atoms with E-state index in [-0.39, 0.29) is 16.9 Å². The van der Waals surface area contributed by atoms with E-state index in [1.807, 2.05) is 17.9 Å². The zero-order valence-electron chi connectivity index (χ0n) is 11.6. The summed E-state index contributed by atoms with van der Waals surface area (Å²) in [7, 11) is 0. The number of hydrogen-bond donors (Lipinski definition) is 2. The molecule has 1 aliphatic rings. The lowest BCUT2D eigenvalue weighted by Gasteiger charge is -2.30. The minimum Gasteiger partial charge on any atom is -0.388 e. The van der Waals surface area contributed by atoms with Crippen LogP contribution in [0.2, 0.25) is 0 Å². The molecule has 0 saturated carbocycles. The summed E-state index contributed by atoms with van der Waals surface area (Å²) < 4.78 is 0. The highest BCUT2D eigenvalue weighted by Gasteiger charge is 2.22. The molecule has 3 N–H and O–H groups in total. The van der Waals surface area contributed by atoms with Gasteiger partial charge in [0.05, 0.1) is 5.69 Å². The number of likely N-dealkylation sites (tertiary alicyclic amines) is 1. The van der Waals surface area contributed by atoms with E-state index in [1.165, 1.54) is 6.42 Å². The van der Waals surface area contributed by atoms with Crippen LogP contribution in [-0.2, 0) is 4.79 Å². The van der Waals surface area contributed by atoms with Gasteiger partial charge in [0.25, 0.3) is 0 Å². The van der Waals surface area contributed by atoms with Crippen LogP contribution in [0.15, 0.2) is 18.3 Å². The van der Waals surface area contributed by atoms with Gasteiger partial charge in [-0.25, -0.2) is 0 Å². The van der Waals surface area contributed by atoms with Gasteiger partial charge in [-0.2, -0.15) is 0 Å². The van der Waals surface area contributed by atoms with Gasteiger partial charge in [-0.05, 0) is 38.3 Å². The zero-order chi connectivity index (χ0) is 14.5. The van der Waals surface area contributed by atoms with E-state index in [9.17, 15) is 4.79 Å². The first-order valence-corrected chi connectivity index (χ1v) is 7.30. The number of hydrogen-bond acceptors (Lipinski definition) is 4. The minimum atomic E-state index is -0.314. The van der Waals surface area contributed by atoms with E-state index >= 15 is 0 Å². The summed E-state index contributed by atoms with van der Waals surface area (Å²) in [6.07, 6.45) is 5.02. The monoisotopic (exact) mass is 292 g/mol. The van der Waals surface area contributed by atoms with Crippen LogP contribution in [0.25, 0.3) is 0 Å². The first kappa shape index (κ1) is 14.7. The van der Waals surface area contributed by atoms with Crippen molar-refractivity contribution >= 4 is 28.8 Å². The number of pyridine rings is 1. The van der Waals surface area contributed by atoms with Gasteiger partial charge in [0, 0.05) is 19.3 Å². The zero-order valence-corrected chi connectivity index (χ0v) is 12.4. The molecule has 0 radical (unpaired) electrons. The molecule has 2 heterocycles.